The van der Waals surface area contributed by atoms with Crippen LogP contribution in [0.15, 0.2) is 24.3 Å². The van der Waals surface area contributed by atoms with Crippen LogP contribution in [0.25, 0.3) is 0 Å². The number of aryl methyl sites for hydroxylation is 1. The van der Waals surface area contributed by atoms with Crippen LogP contribution in [-0.2, 0) is 21.4 Å². The molecule has 0 aliphatic carbocycles. The summed E-state index contributed by atoms with van der Waals surface area (Å²) < 4.78 is 33.2. The molecule has 25 heavy (non-hydrogen) atoms. The van der Waals surface area contributed by atoms with Gasteiger partial charge in [-0.25, -0.2) is 0 Å². The number of nitrogens with zero attached hydrogens (tertiary/aromatic N) is 2. The maximum absolute atomic E-state index is 12.3. The lowest BCUT2D eigenvalue weighted by atomic mass is 10.1. The lowest BCUT2D eigenvalue weighted by Crippen LogP contribution is -2.49. The van der Waals surface area contributed by atoms with E-state index in [1.165, 1.54) is 14.1 Å². The molecular formula is C17H27N3O4S. The summed E-state index contributed by atoms with van der Waals surface area (Å²) in [6.07, 6.45) is 2.05. The van der Waals surface area contributed by atoms with Crippen LogP contribution in [-0.4, -0.2) is 63.4 Å². The average Bonchev–Trinajstić information content (AvgIpc) is 2.60. The van der Waals surface area contributed by atoms with Gasteiger partial charge in [0.25, 0.3) is 16.1 Å². The molecule has 0 atom stereocenters. The minimum absolute atomic E-state index is 0.00506. The number of rotatable bonds is 7. The zero-order valence-electron chi connectivity index (χ0n) is 15.1. The van der Waals surface area contributed by atoms with E-state index in [1.807, 2.05) is 31.2 Å². The average molecular weight is 369 g/mol. The zero-order chi connectivity index (χ0) is 18.4. The number of benzene rings is 1. The number of piperidine rings is 1. The van der Waals surface area contributed by atoms with E-state index in [1.54, 1.807) is 4.90 Å². The van der Waals surface area contributed by atoms with Crippen LogP contribution in [0.2, 0.25) is 0 Å². The largest absolute Gasteiger partial charge is 0.483 e. The Morgan fingerprint density at radius 2 is 1.92 bits per heavy atom. The van der Waals surface area contributed by atoms with Gasteiger partial charge >= 0.3 is 0 Å². The summed E-state index contributed by atoms with van der Waals surface area (Å²) in [5.41, 5.74) is 1.08. The fraction of sp³-hybridized carbons (Fsp3) is 0.588. The Morgan fingerprint density at radius 3 is 2.52 bits per heavy atom. The Labute approximate surface area is 150 Å². The predicted molar refractivity (Wildman–Crippen MR) is 96.7 cm³/mol. The van der Waals surface area contributed by atoms with Gasteiger partial charge in [0, 0.05) is 33.2 Å². The molecule has 0 unspecified atom stereocenters. The van der Waals surface area contributed by atoms with E-state index in [4.69, 9.17) is 4.74 Å². The van der Waals surface area contributed by atoms with E-state index >= 15 is 0 Å². The Kier molecular flexibility index (Phi) is 6.80. The van der Waals surface area contributed by atoms with Crippen LogP contribution in [0.1, 0.15) is 25.3 Å². The molecule has 1 aromatic carbocycles. The first-order valence-corrected chi connectivity index (χ1v) is 9.95. The summed E-state index contributed by atoms with van der Waals surface area (Å²) in [6, 6.07) is 7.56. The normalized spacial score (nSPS) is 16.2. The third-order valence-corrected chi connectivity index (χ3v) is 5.94. The molecule has 0 spiro atoms. The summed E-state index contributed by atoms with van der Waals surface area (Å²) in [5, 5.41) is 0. The molecule has 1 aliphatic rings. The molecule has 0 aromatic heterocycles. The molecule has 1 aliphatic heterocycles. The number of ether oxygens (including phenoxy) is 1. The smallest absolute Gasteiger partial charge is 0.279 e. The molecule has 0 radical (unpaired) electrons. The minimum atomic E-state index is -3.43. The summed E-state index contributed by atoms with van der Waals surface area (Å²) >= 11 is 0. The van der Waals surface area contributed by atoms with Crippen LogP contribution >= 0.6 is 0 Å². The van der Waals surface area contributed by atoms with E-state index in [2.05, 4.69) is 4.72 Å². The molecule has 8 heteroatoms. The Bertz CT molecular complexity index is 683. The first-order valence-electron chi connectivity index (χ1n) is 8.51. The minimum Gasteiger partial charge on any atom is -0.483 e. The van der Waals surface area contributed by atoms with Gasteiger partial charge in [0.1, 0.15) is 5.75 Å². The van der Waals surface area contributed by atoms with Gasteiger partial charge in [-0.1, -0.05) is 25.1 Å². The number of hydrogen-bond donors (Lipinski definition) is 1. The van der Waals surface area contributed by atoms with E-state index in [-0.39, 0.29) is 18.6 Å². The van der Waals surface area contributed by atoms with Crippen LogP contribution < -0.4 is 9.46 Å². The molecule has 0 saturated carbocycles. The van der Waals surface area contributed by atoms with E-state index in [9.17, 15) is 13.2 Å². The van der Waals surface area contributed by atoms with Crippen LogP contribution in [0.3, 0.4) is 0 Å². The number of para-hydroxylation sites is 1. The van der Waals surface area contributed by atoms with E-state index < -0.39 is 10.2 Å². The molecule has 1 fully saturated rings. The second kappa shape index (κ2) is 8.64. The van der Waals surface area contributed by atoms with Gasteiger partial charge in [0.15, 0.2) is 6.61 Å². The quantitative estimate of drug-likeness (QED) is 0.778. The van der Waals surface area contributed by atoms with Gasteiger partial charge in [-0.05, 0) is 30.9 Å². The van der Waals surface area contributed by atoms with Crippen molar-refractivity contribution in [2.45, 2.75) is 32.2 Å². The highest BCUT2D eigenvalue weighted by Gasteiger charge is 2.26. The first-order chi connectivity index (χ1) is 11.8. The first kappa shape index (κ1) is 19.7. The van der Waals surface area contributed by atoms with Crippen molar-refractivity contribution in [2.24, 2.45) is 0 Å². The number of carbonyl (C=O) groups is 1. The maximum Gasteiger partial charge on any atom is 0.279 e. The molecule has 1 amide bonds. The molecular weight excluding hydrogens is 342 g/mol. The third kappa shape index (κ3) is 5.42. The fourth-order valence-electron chi connectivity index (χ4n) is 2.73. The monoisotopic (exact) mass is 369 g/mol. The summed E-state index contributed by atoms with van der Waals surface area (Å²) in [6.45, 7) is 3.10. The van der Waals surface area contributed by atoms with Crippen molar-refractivity contribution >= 4 is 16.1 Å². The Balaban J connectivity index is 1.81. The molecule has 2 rings (SSSR count). The summed E-state index contributed by atoms with van der Waals surface area (Å²) in [7, 11) is -0.449. The molecule has 1 heterocycles. The van der Waals surface area contributed by atoms with Gasteiger partial charge in [-0.2, -0.15) is 17.4 Å². The second-order valence-electron chi connectivity index (χ2n) is 6.31. The molecule has 7 nitrogen and oxygen atoms in total. The number of likely N-dealkylation sites (tertiary alicyclic amines) is 1. The maximum atomic E-state index is 12.3. The lowest BCUT2D eigenvalue weighted by molar-refractivity contribution is -0.134. The molecule has 1 saturated heterocycles. The molecule has 1 N–H and O–H groups in total. The van der Waals surface area contributed by atoms with Crippen LogP contribution in [0.5, 0.6) is 5.75 Å². The van der Waals surface area contributed by atoms with E-state index in [0.29, 0.717) is 25.9 Å². The van der Waals surface area contributed by atoms with E-state index in [0.717, 1.165) is 22.0 Å². The van der Waals surface area contributed by atoms with Crippen LogP contribution in [0, 0.1) is 0 Å². The van der Waals surface area contributed by atoms with Crippen LogP contribution in [0.4, 0.5) is 0 Å². The van der Waals surface area contributed by atoms with Crippen molar-refractivity contribution < 1.29 is 17.9 Å². The Morgan fingerprint density at radius 1 is 1.28 bits per heavy atom. The third-order valence-electron chi connectivity index (χ3n) is 4.35. The van der Waals surface area contributed by atoms with Crippen molar-refractivity contribution in [2.75, 3.05) is 33.8 Å². The fourth-order valence-corrected chi connectivity index (χ4v) is 3.60. The van der Waals surface area contributed by atoms with Crippen molar-refractivity contribution in [1.82, 2.24) is 13.9 Å². The molecule has 1 aromatic rings. The molecule has 140 valence electrons. The van der Waals surface area contributed by atoms with Crippen molar-refractivity contribution in [1.29, 1.82) is 0 Å². The van der Waals surface area contributed by atoms with Crippen molar-refractivity contribution in [3.63, 3.8) is 0 Å². The Hall–Kier alpha value is -1.64. The highest BCUT2D eigenvalue weighted by atomic mass is 32.2. The zero-order valence-corrected chi connectivity index (χ0v) is 15.9. The standard InChI is InChI=1S/C17H27N3O4S/c1-4-14-7-5-6-8-16(14)24-13-17(21)20-11-9-15(10-12-20)18-25(22,23)19(2)3/h5-8,15,18H,4,9-13H2,1-3H3. The van der Waals surface area contributed by atoms with Gasteiger partial charge in [-0.15, -0.1) is 0 Å². The topological polar surface area (TPSA) is 79.0 Å². The van der Waals surface area contributed by atoms with Gasteiger partial charge < -0.3 is 9.64 Å². The summed E-state index contributed by atoms with van der Waals surface area (Å²) in [5.74, 6) is 0.673. The molecule has 0 bridgehead atoms. The van der Waals surface area contributed by atoms with Gasteiger partial charge in [0.05, 0.1) is 0 Å². The highest BCUT2D eigenvalue weighted by molar-refractivity contribution is 7.87. The van der Waals surface area contributed by atoms with Gasteiger partial charge in [-0.3, -0.25) is 4.79 Å². The number of hydrogen-bond acceptors (Lipinski definition) is 4. The lowest BCUT2D eigenvalue weighted by Gasteiger charge is -2.32. The number of amides is 1. The predicted octanol–water partition coefficient (Wildman–Crippen LogP) is 1.01. The van der Waals surface area contributed by atoms with Crippen molar-refractivity contribution in [3.8, 4) is 5.75 Å². The SMILES string of the molecule is CCc1ccccc1OCC(=O)N1CCC(NS(=O)(=O)N(C)C)CC1. The van der Waals surface area contributed by atoms with Gasteiger partial charge in [0.2, 0.25) is 0 Å². The number of carbonyl (C=O) groups excluding carboxylic acids is 1. The second-order valence-corrected chi connectivity index (χ2v) is 8.23. The summed E-state index contributed by atoms with van der Waals surface area (Å²) in [4.78, 5) is 14.1. The number of nitrogens with one attached hydrogen (secondary N) is 1. The highest BCUT2D eigenvalue weighted by Crippen LogP contribution is 2.19. The van der Waals surface area contributed by atoms with Crippen molar-refractivity contribution in [3.05, 3.63) is 29.8 Å².